The molecule has 0 rings (SSSR count). The lowest BCUT2D eigenvalue weighted by molar-refractivity contribution is -0.141. The number of ether oxygens (including phenoxy) is 1. The second kappa shape index (κ2) is 5.52. The van der Waals surface area contributed by atoms with E-state index in [2.05, 4.69) is 9.73 Å². The lowest BCUT2D eigenvalue weighted by atomic mass is 10.5. The molecule has 0 saturated heterocycles. The van der Waals surface area contributed by atoms with Gasteiger partial charge in [0.25, 0.3) is 0 Å². The van der Waals surface area contributed by atoms with Gasteiger partial charge in [-0.25, -0.2) is 4.99 Å². The summed E-state index contributed by atoms with van der Waals surface area (Å²) in [4.78, 5) is 14.1. The molecule has 0 aliphatic carbocycles. The molecule has 0 spiro atoms. The fraction of sp³-hybridized carbons (Fsp3) is 0.667. The zero-order valence-corrected chi connectivity index (χ0v) is 6.54. The minimum absolute atomic E-state index is 0.0949. The Morgan fingerprint density at radius 1 is 1.55 bits per heavy atom. The lowest BCUT2D eigenvalue weighted by Gasteiger charge is -1.98. The van der Waals surface area contributed by atoms with Gasteiger partial charge in [0.15, 0.2) is 5.96 Å². The SMILES string of the molecule is CCCOC(=O)CN=C(N)N. The molecule has 5 heteroatoms. The highest BCUT2D eigenvalue weighted by Crippen LogP contribution is 1.82. The van der Waals surface area contributed by atoms with Gasteiger partial charge in [-0.2, -0.15) is 0 Å². The molecule has 0 saturated carbocycles. The molecule has 0 atom stereocenters. The molecule has 0 aromatic heterocycles. The van der Waals surface area contributed by atoms with E-state index in [9.17, 15) is 4.79 Å². The van der Waals surface area contributed by atoms with E-state index in [4.69, 9.17) is 11.5 Å². The van der Waals surface area contributed by atoms with Crippen LogP contribution in [-0.2, 0) is 9.53 Å². The third-order valence-corrected chi connectivity index (χ3v) is 0.858. The van der Waals surface area contributed by atoms with Gasteiger partial charge in [0.2, 0.25) is 0 Å². The first kappa shape index (κ1) is 9.74. The number of hydrogen-bond donors (Lipinski definition) is 2. The standard InChI is InChI=1S/C6H13N3O2/c1-2-3-11-5(10)4-9-6(7)8/h2-4H2,1H3,(H4,7,8,9). The molecular weight excluding hydrogens is 146 g/mol. The predicted molar refractivity (Wildman–Crippen MR) is 41.9 cm³/mol. The molecule has 11 heavy (non-hydrogen) atoms. The molecule has 0 aromatic rings. The third-order valence-electron chi connectivity index (χ3n) is 0.858. The van der Waals surface area contributed by atoms with Crippen LogP contribution in [0.5, 0.6) is 0 Å². The lowest BCUT2D eigenvalue weighted by Crippen LogP contribution is -2.24. The summed E-state index contributed by atoms with van der Waals surface area (Å²) in [6, 6.07) is 0. The van der Waals surface area contributed by atoms with Crippen LogP contribution >= 0.6 is 0 Å². The number of carbonyl (C=O) groups is 1. The summed E-state index contributed by atoms with van der Waals surface area (Å²) in [5.41, 5.74) is 9.98. The fourth-order valence-electron chi connectivity index (χ4n) is 0.417. The molecule has 0 unspecified atom stereocenters. The van der Waals surface area contributed by atoms with Crippen LogP contribution in [0.25, 0.3) is 0 Å². The first-order chi connectivity index (χ1) is 5.16. The number of guanidine groups is 1. The Kier molecular flexibility index (Phi) is 4.89. The van der Waals surface area contributed by atoms with Crippen molar-refractivity contribution in [3.05, 3.63) is 0 Å². The number of esters is 1. The first-order valence-corrected chi connectivity index (χ1v) is 3.37. The van der Waals surface area contributed by atoms with Gasteiger partial charge in [-0.1, -0.05) is 6.92 Å². The molecule has 0 fully saturated rings. The van der Waals surface area contributed by atoms with Crippen molar-refractivity contribution >= 4 is 11.9 Å². The van der Waals surface area contributed by atoms with Gasteiger partial charge in [0.05, 0.1) is 6.61 Å². The summed E-state index contributed by atoms with van der Waals surface area (Å²) < 4.78 is 4.68. The van der Waals surface area contributed by atoms with E-state index in [-0.39, 0.29) is 12.5 Å². The number of nitrogens with two attached hydrogens (primary N) is 2. The van der Waals surface area contributed by atoms with Crippen LogP contribution in [0.4, 0.5) is 0 Å². The van der Waals surface area contributed by atoms with E-state index in [1.54, 1.807) is 0 Å². The average molecular weight is 159 g/mol. The second-order valence-electron chi connectivity index (χ2n) is 1.96. The Bertz CT molecular complexity index is 152. The van der Waals surface area contributed by atoms with Gasteiger partial charge >= 0.3 is 5.97 Å². The second-order valence-corrected chi connectivity index (χ2v) is 1.96. The summed E-state index contributed by atoms with van der Waals surface area (Å²) in [5.74, 6) is -0.501. The molecule has 0 bridgehead atoms. The quantitative estimate of drug-likeness (QED) is 0.319. The van der Waals surface area contributed by atoms with E-state index in [0.717, 1.165) is 6.42 Å². The van der Waals surface area contributed by atoms with Crippen LogP contribution in [0.1, 0.15) is 13.3 Å². The van der Waals surface area contributed by atoms with Gasteiger partial charge in [0.1, 0.15) is 6.54 Å². The highest BCUT2D eigenvalue weighted by atomic mass is 16.5. The topological polar surface area (TPSA) is 90.7 Å². The number of hydrogen-bond acceptors (Lipinski definition) is 3. The minimum Gasteiger partial charge on any atom is -0.464 e. The summed E-state index contributed by atoms with van der Waals surface area (Å²) in [6.07, 6.45) is 0.799. The Hall–Kier alpha value is -1.26. The molecule has 0 aliphatic heterocycles. The number of rotatable bonds is 4. The fourth-order valence-corrected chi connectivity index (χ4v) is 0.417. The zero-order chi connectivity index (χ0) is 8.69. The maximum Gasteiger partial charge on any atom is 0.327 e. The van der Waals surface area contributed by atoms with Gasteiger partial charge in [0, 0.05) is 0 Å². The van der Waals surface area contributed by atoms with Crippen molar-refractivity contribution in [1.29, 1.82) is 0 Å². The summed E-state index contributed by atoms with van der Waals surface area (Å²) in [5, 5.41) is 0. The largest absolute Gasteiger partial charge is 0.464 e. The van der Waals surface area contributed by atoms with E-state index >= 15 is 0 Å². The molecule has 64 valence electrons. The number of nitrogens with zero attached hydrogens (tertiary/aromatic N) is 1. The van der Waals surface area contributed by atoms with Gasteiger partial charge < -0.3 is 16.2 Å². The molecule has 0 amide bonds. The average Bonchev–Trinajstić information content (AvgIpc) is 1.97. The van der Waals surface area contributed by atoms with Gasteiger partial charge in [-0.15, -0.1) is 0 Å². The smallest absolute Gasteiger partial charge is 0.327 e. The Balaban J connectivity index is 3.45. The van der Waals surface area contributed by atoms with Crippen LogP contribution in [-0.4, -0.2) is 25.1 Å². The Morgan fingerprint density at radius 3 is 2.64 bits per heavy atom. The Morgan fingerprint density at radius 2 is 2.18 bits per heavy atom. The maximum atomic E-state index is 10.7. The molecule has 0 aliphatic rings. The van der Waals surface area contributed by atoms with E-state index in [0.29, 0.717) is 6.61 Å². The summed E-state index contributed by atoms with van der Waals surface area (Å²) >= 11 is 0. The maximum absolute atomic E-state index is 10.7. The predicted octanol–water partition coefficient (Wildman–Crippen LogP) is -0.787. The van der Waals surface area contributed by atoms with Crippen molar-refractivity contribution < 1.29 is 9.53 Å². The molecule has 0 heterocycles. The van der Waals surface area contributed by atoms with Crippen molar-refractivity contribution in [1.82, 2.24) is 0 Å². The van der Waals surface area contributed by atoms with Crippen LogP contribution in [0.15, 0.2) is 4.99 Å². The molecule has 0 aromatic carbocycles. The van der Waals surface area contributed by atoms with Gasteiger partial charge in [-0.3, -0.25) is 4.79 Å². The molecule has 5 nitrogen and oxygen atoms in total. The van der Waals surface area contributed by atoms with E-state index < -0.39 is 5.97 Å². The van der Waals surface area contributed by atoms with Crippen molar-refractivity contribution in [3.8, 4) is 0 Å². The van der Waals surface area contributed by atoms with Crippen molar-refractivity contribution in [2.75, 3.05) is 13.2 Å². The van der Waals surface area contributed by atoms with E-state index in [1.165, 1.54) is 0 Å². The third kappa shape index (κ3) is 6.63. The summed E-state index contributed by atoms with van der Waals surface area (Å²) in [6.45, 7) is 2.23. The molecular formula is C6H13N3O2. The minimum atomic E-state index is -0.403. The van der Waals surface area contributed by atoms with Crippen LogP contribution in [0.2, 0.25) is 0 Å². The van der Waals surface area contributed by atoms with Crippen LogP contribution in [0, 0.1) is 0 Å². The van der Waals surface area contributed by atoms with Crippen LogP contribution < -0.4 is 11.5 Å². The van der Waals surface area contributed by atoms with Gasteiger partial charge in [-0.05, 0) is 6.42 Å². The normalized spacial score (nSPS) is 8.82. The number of carbonyl (C=O) groups excluding carboxylic acids is 1. The molecule has 0 radical (unpaired) electrons. The van der Waals surface area contributed by atoms with Crippen LogP contribution in [0.3, 0.4) is 0 Å². The zero-order valence-electron chi connectivity index (χ0n) is 6.54. The Labute approximate surface area is 65.4 Å². The number of aliphatic imine (C=N–C) groups is 1. The van der Waals surface area contributed by atoms with E-state index in [1.807, 2.05) is 6.92 Å². The van der Waals surface area contributed by atoms with Crippen molar-refractivity contribution in [3.63, 3.8) is 0 Å². The summed E-state index contributed by atoms with van der Waals surface area (Å²) in [7, 11) is 0. The highest BCUT2D eigenvalue weighted by Gasteiger charge is 1.98. The monoisotopic (exact) mass is 159 g/mol. The molecule has 4 N–H and O–H groups in total. The highest BCUT2D eigenvalue weighted by molar-refractivity contribution is 5.80. The van der Waals surface area contributed by atoms with Crippen molar-refractivity contribution in [2.24, 2.45) is 16.5 Å². The first-order valence-electron chi connectivity index (χ1n) is 3.37. The van der Waals surface area contributed by atoms with Crippen molar-refractivity contribution in [2.45, 2.75) is 13.3 Å².